The molecule has 0 aliphatic rings. The monoisotopic (exact) mass is 176 g/mol. The molecule has 56 valence electrons. The third-order valence-electron chi connectivity index (χ3n) is 0. The quantitative estimate of drug-likeness (QED) is 0.516. The van der Waals surface area contributed by atoms with E-state index < -0.39 is 11.9 Å². The van der Waals surface area contributed by atoms with Crippen molar-refractivity contribution in [2.45, 2.75) is 13.8 Å². The summed E-state index contributed by atoms with van der Waals surface area (Å²) in [6.07, 6.45) is 0. The summed E-state index contributed by atoms with van der Waals surface area (Å²) in [5.74, 6) is -1.67. The summed E-state index contributed by atoms with van der Waals surface area (Å²) in [5.41, 5.74) is 0. The molecule has 0 unspecified atom stereocenters. The molecule has 0 aromatic rings. The zero-order chi connectivity index (χ0) is 7.15. The van der Waals surface area contributed by atoms with Gasteiger partial charge in [0.25, 0.3) is 11.9 Å². The van der Waals surface area contributed by atoms with Crippen molar-refractivity contribution < 1.29 is 36.9 Å². The Labute approximate surface area is 63.3 Å². The van der Waals surface area contributed by atoms with Gasteiger partial charge < -0.3 is 10.2 Å². The van der Waals surface area contributed by atoms with Gasteiger partial charge in [-0.05, 0) is 0 Å². The predicted octanol–water partition coefficient (Wildman–Crippen LogP) is 0.179. The van der Waals surface area contributed by atoms with E-state index in [9.17, 15) is 0 Å². The van der Waals surface area contributed by atoms with Crippen LogP contribution in [0.3, 0.4) is 0 Å². The van der Waals surface area contributed by atoms with Crippen LogP contribution in [0.25, 0.3) is 0 Å². The van der Waals surface area contributed by atoms with E-state index in [0.29, 0.717) is 0 Å². The summed E-state index contributed by atoms with van der Waals surface area (Å²) in [7, 11) is 0. The first-order valence-electron chi connectivity index (χ1n) is 1.86. The summed E-state index contributed by atoms with van der Waals surface area (Å²) >= 11 is 0. The number of hydrogen-bond acceptors (Lipinski definition) is 2. The second-order valence-electron chi connectivity index (χ2n) is 1.04. The van der Waals surface area contributed by atoms with Crippen LogP contribution in [0.5, 0.6) is 0 Å². The fourth-order valence-corrected chi connectivity index (χ4v) is 0. The molecule has 0 aliphatic heterocycles. The second-order valence-corrected chi connectivity index (χ2v) is 1.04. The molecule has 0 aromatic heterocycles. The van der Waals surface area contributed by atoms with Crippen molar-refractivity contribution in [3.8, 4) is 0 Å². The standard InChI is InChI=1S/2C2H4O2.Fe/c2*1-2(3)4;/h2*1H3,(H,3,4);. The van der Waals surface area contributed by atoms with Crippen LogP contribution < -0.4 is 0 Å². The number of hydrogen-bond donors (Lipinski definition) is 2. The minimum absolute atomic E-state index is 0. The molecule has 0 fully saturated rings. The number of carboxylic acids is 2. The SMILES string of the molecule is CC(=O)O.CC(=O)O.[Fe]. The maximum absolute atomic E-state index is 9.00. The van der Waals surface area contributed by atoms with Crippen LogP contribution in [0.15, 0.2) is 0 Å². The van der Waals surface area contributed by atoms with E-state index in [1.54, 1.807) is 0 Å². The molecule has 0 aromatic carbocycles. The number of rotatable bonds is 0. The Balaban J connectivity index is -0.0000000720. The first kappa shape index (κ1) is 15.8. The Kier molecular flexibility index (Phi) is 18.3. The number of carboxylic acid groups (broad SMARTS) is 2. The molecule has 0 aliphatic carbocycles. The summed E-state index contributed by atoms with van der Waals surface area (Å²) in [5, 5.41) is 14.8. The molecule has 4 nitrogen and oxygen atoms in total. The molecule has 0 saturated heterocycles. The van der Waals surface area contributed by atoms with E-state index in [2.05, 4.69) is 0 Å². The molecule has 0 saturated carbocycles. The summed E-state index contributed by atoms with van der Waals surface area (Å²) in [6, 6.07) is 0. The van der Waals surface area contributed by atoms with E-state index in [1.807, 2.05) is 0 Å². The van der Waals surface area contributed by atoms with Crippen molar-refractivity contribution in [3.63, 3.8) is 0 Å². The van der Waals surface area contributed by atoms with Crippen LogP contribution in [0.4, 0.5) is 0 Å². The summed E-state index contributed by atoms with van der Waals surface area (Å²) in [4.78, 5) is 18.0. The number of aliphatic carboxylic acids is 2. The second kappa shape index (κ2) is 10.4. The first-order chi connectivity index (χ1) is 3.46. The first-order valence-corrected chi connectivity index (χ1v) is 1.86. The number of carbonyl (C=O) groups is 2. The summed E-state index contributed by atoms with van der Waals surface area (Å²) in [6.45, 7) is 2.17. The molecule has 0 rings (SSSR count). The maximum Gasteiger partial charge on any atom is 0.300 e. The minimum Gasteiger partial charge on any atom is -0.481 e. The van der Waals surface area contributed by atoms with Gasteiger partial charge in [-0.1, -0.05) is 0 Å². The van der Waals surface area contributed by atoms with Crippen molar-refractivity contribution in [2.75, 3.05) is 0 Å². The molecule has 0 spiro atoms. The fraction of sp³-hybridized carbons (Fsp3) is 0.500. The Morgan fingerprint density at radius 3 is 1.00 bits per heavy atom. The maximum atomic E-state index is 9.00. The van der Waals surface area contributed by atoms with Gasteiger partial charge in [0.2, 0.25) is 0 Å². The van der Waals surface area contributed by atoms with E-state index in [4.69, 9.17) is 19.8 Å². The van der Waals surface area contributed by atoms with Crippen LogP contribution in [0.2, 0.25) is 0 Å². The van der Waals surface area contributed by atoms with Gasteiger partial charge in [0, 0.05) is 30.9 Å². The molecule has 0 bridgehead atoms. The van der Waals surface area contributed by atoms with E-state index in [1.165, 1.54) is 0 Å². The van der Waals surface area contributed by atoms with Gasteiger partial charge in [-0.15, -0.1) is 0 Å². The molecular weight excluding hydrogens is 168 g/mol. The van der Waals surface area contributed by atoms with Crippen molar-refractivity contribution in [1.82, 2.24) is 0 Å². The molecule has 5 heteroatoms. The Morgan fingerprint density at radius 1 is 1.00 bits per heavy atom. The van der Waals surface area contributed by atoms with E-state index in [0.717, 1.165) is 13.8 Å². The van der Waals surface area contributed by atoms with Gasteiger partial charge in [0.1, 0.15) is 0 Å². The van der Waals surface area contributed by atoms with Crippen LogP contribution in [0, 0.1) is 0 Å². The van der Waals surface area contributed by atoms with Gasteiger partial charge in [0.05, 0.1) is 0 Å². The molecule has 9 heavy (non-hydrogen) atoms. The molecule has 0 atom stereocenters. The van der Waals surface area contributed by atoms with Crippen LogP contribution in [0.1, 0.15) is 13.8 Å². The predicted molar refractivity (Wildman–Crippen MR) is 26.6 cm³/mol. The van der Waals surface area contributed by atoms with Crippen LogP contribution >= 0.6 is 0 Å². The minimum atomic E-state index is -0.833. The summed E-state index contributed by atoms with van der Waals surface area (Å²) < 4.78 is 0. The molecule has 0 radical (unpaired) electrons. The molecule has 0 amide bonds. The zero-order valence-electron chi connectivity index (χ0n) is 5.06. The average molecular weight is 176 g/mol. The zero-order valence-corrected chi connectivity index (χ0v) is 6.17. The van der Waals surface area contributed by atoms with E-state index in [-0.39, 0.29) is 17.1 Å². The molecule has 2 N–H and O–H groups in total. The van der Waals surface area contributed by atoms with Gasteiger partial charge in [-0.3, -0.25) is 9.59 Å². The van der Waals surface area contributed by atoms with Gasteiger partial charge in [0.15, 0.2) is 0 Å². The Bertz CT molecular complexity index is 70.6. The Hall–Kier alpha value is -0.541. The molecule has 0 heterocycles. The average Bonchev–Trinajstić information content (AvgIpc) is 1.25. The van der Waals surface area contributed by atoms with Crippen molar-refractivity contribution >= 4 is 11.9 Å². The van der Waals surface area contributed by atoms with Gasteiger partial charge >= 0.3 is 0 Å². The Morgan fingerprint density at radius 2 is 1.00 bits per heavy atom. The van der Waals surface area contributed by atoms with E-state index >= 15 is 0 Å². The van der Waals surface area contributed by atoms with Crippen molar-refractivity contribution in [3.05, 3.63) is 0 Å². The van der Waals surface area contributed by atoms with Crippen LogP contribution in [-0.4, -0.2) is 22.2 Å². The normalized spacial score (nSPS) is 5.56. The van der Waals surface area contributed by atoms with Crippen molar-refractivity contribution in [1.29, 1.82) is 0 Å². The fourth-order valence-electron chi connectivity index (χ4n) is 0. The third-order valence-corrected chi connectivity index (χ3v) is 0. The van der Waals surface area contributed by atoms with Gasteiger partial charge in [-0.2, -0.15) is 0 Å². The van der Waals surface area contributed by atoms with Gasteiger partial charge in [-0.25, -0.2) is 0 Å². The smallest absolute Gasteiger partial charge is 0.300 e. The van der Waals surface area contributed by atoms with Crippen molar-refractivity contribution in [2.24, 2.45) is 0 Å². The van der Waals surface area contributed by atoms with Crippen LogP contribution in [-0.2, 0) is 26.7 Å². The molecular formula is C4H8FeO4. The topological polar surface area (TPSA) is 74.6 Å². The largest absolute Gasteiger partial charge is 0.481 e. The third kappa shape index (κ3) is 761.